The number of carbonyl (C=O) groups is 2. The van der Waals surface area contributed by atoms with Gasteiger partial charge in [-0.2, -0.15) is 0 Å². The van der Waals surface area contributed by atoms with E-state index < -0.39 is 12.0 Å². The maximum atomic E-state index is 11.7. The highest BCUT2D eigenvalue weighted by Crippen LogP contribution is 2.02. The Morgan fingerprint density at radius 2 is 2.00 bits per heavy atom. The fourth-order valence-corrected chi connectivity index (χ4v) is 1.41. The van der Waals surface area contributed by atoms with Gasteiger partial charge in [0.2, 0.25) is 5.91 Å². The van der Waals surface area contributed by atoms with Gasteiger partial charge in [-0.15, -0.1) is 0 Å². The van der Waals surface area contributed by atoms with E-state index in [9.17, 15) is 9.59 Å². The fourth-order valence-electron chi connectivity index (χ4n) is 1.41. The van der Waals surface area contributed by atoms with Crippen LogP contribution in [0.4, 0.5) is 0 Å². The number of likely N-dealkylation sites (N-methyl/N-ethyl adjacent to an activating group) is 1. The summed E-state index contributed by atoms with van der Waals surface area (Å²) in [7, 11) is 1.66. The Kier molecular flexibility index (Phi) is 7.54. The molecule has 0 radical (unpaired) electrons. The number of hydrogen-bond donors (Lipinski definition) is 2. The average molecular weight is 230 g/mol. The van der Waals surface area contributed by atoms with E-state index in [1.165, 1.54) is 4.90 Å². The third-order valence-electron chi connectivity index (χ3n) is 2.45. The Labute approximate surface area is 96.6 Å². The molecule has 16 heavy (non-hydrogen) atoms. The lowest BCUT2D eigenvalue weighted by molar-refractivity contribution is -0.138. The summed E-state index contributed by atoms with van der Waals surface area (Å²) in [5.41, 5.74) is 5.73. The van der Waals surface area contributed by atoms with Crippen LogP contribution in [-0.4, -0.2) is 41.5 Å². The maximum absolute atomic E-state index is 11.7. The van der Waals surface area contributed by atoms with Gasteiger partial charge >= 0.3 is 5.97 Å². The number of nitrogens with zero attached hydrogens (tertiary/aromatic N) is 1. The molecule has 0 spiro atoms. The van der Waals surface area contributed by atoms with Gasteiger partial charge in [-0.1, -0.05) is 19.8 Å². The van der Waals surface area contributed by atoms with Crippen LogP contribution in [0.15, 0.2) is 0 Å². The summed E-state index contributed by atoms with van der Waals surface area (Å²) >= 11 is 0. The molecule has 1 unspecified atom stereocenters. The first-order valence-corrected chi connectivity index (χ1v) is 5.71. The van der Waals surface area contributed by atoms with Gasteiger partial charge in [0.1, 0.15) is 0 Å². The number of nitrogens with two attached hydrogens (primary N) is 1. The zero-order valence-electron chi connectivity index (χ0n) is 10.1. The first-order valence-electron chi connectivity index (χ1n) is 5.71. The van der Waals surface area contributed by atoms with Crippen molar-refractivity contribution in [3.05, 3.63) is 0 Å². The van der Waals surface area contributed by atoms with Crippen LogP contribution in [0.2, 0.25) is 0 Å². The molecule has 0 saturated heterocycles. The lowest BCUT2D eigenvalue weighted by Crippen LogP contribution is -2.42. The molecular weight excluding hydrogens is 208 g/mol. The first-order chi connectivity index (χ1) is 7.49. The molecule has 0 fully saturated rings. The molecule has 0 aliphatic carbocycles. The van der Waals surface area contributed by atoms with Gasteiger partial charge in [0, 0.05) is 20.0 Å². The lowest BCUT2D eigenvalue weighted by atomic mass is 10.1. The van der Waals surface area contributed by atoms with Crippen molar-refractivity contribution in [3.8, 4) is 0 Å². The van der Waals surface area contributed by atoms with Crippen molar-refractivity contribution in [2.24, 2.45) is 5.73 Å². The number of amides is 1. The molecule has 0 saturated carbocycles. The van der Waals surface area contributed by atoms with E-state index in [-0.39, 0.29) is 12.3 Å². The minimum Gasteiger partial charge on any atom is -0.481 e. The summed E-state index contributed by atoms with van der Waals surface area (Å²) in [4.78, 5) is 23.5. The van der Waals surface area contributed by atoms with Gasteiger partial charge in [-0.05, 0) is 12.8 Å². The highest BCUT2D eigenvalue weighted by atomic mass is 16.4. The molecule has 1 amide bonds. The Morgan fingerprint density at radius 3 is 2.50 bits per heavy atom. The SMILES string of the molecule is CCCCC(N)C(=O)N(C)CCCC(=O)O. The van der Waals surface area contributed by atoms with E-state index >= 15 is 0 Å². The standard InChI is InChI=1S/C11H22N2O3/c1-3-4-6-9(12)11(16)13(2)8-5-7-10(14)15/h9H,3-8,12H2,1-2H3,(H,14,15). The molecule has 0 aromatic carbocycles. The second-order valence-corrected chi connectivity index (χ2v) is 4.01. The van der Waals surface area contributed by atoms with Crippen LogP contribution in [0.5, 0.6) is 0 Å². The molecular formula is C11H22N2O3. The van der Waals surface area contributed by atoms with Gasteiger partial charge in [-0.3, -0.25) is 9.59 Å². The highest BCUT2D eigenvalue weighted by molar-refractivity contribution is 5.81. The number of unbranched alkanes of at least 4 members (excludes halogenated alkanes) is 1. The van der Waals surface area contributed by atoms with E-state index in [0.29, 0.717) is 19.4 Å². The molecule has 94 valence electrons. The van der Waals surface area contributed by atoms with Crippen molar-refractivity contribution in [2.75, 3.05) is 13.6 Å². The van der Waals surface area contributed by atoms with Crippen molar-refractivity contribution in [1.29, 1.82) is 0 Å². The normalized spacial score (nSPS) is 12.2. The third-order valence-corrected chi connectivity index (χ3v) is 2.45. The molecule has 1 atom stereocenters. The smallest absolute Gasteiger partial charge is 0.303 e. The number of hydrogen-bond acceptors (Lipinski definition) is 3. The van der Waals surface area contributed by atoms with E-state index in [2.05, 4.69) is 0 Å². The Morgan fingerprint density at radius 1 is 1.38 bits per heavy atom. The summed E-state index contributed by atoms with van der Waals surface area (Å²) in [6, 6.07) is -0.449. The quantitative estimate of drug-likeness (QED) is 0.647. The topological polar surface area (TPSA) is 83.6 Å². The molecule has 0 aromatic rings. The molecule has 0 aliphatic heterocycles. The number of rotatable bonds is 8. The largest absolute Gasteiger partial charge is 0.481 e. The van der Waals surface area contributed by atoms with Crippen LogP contribution in [-0.2, 0) is 9.59 Å². The zero-order chi connectivity index (χ0) is 12.6. The summed E-state index contributed by atoms with van der Waals surface area (Å²) in [6.45, 7) is 2.50. The van der Waals surface area contributed by atoms with Crippen LogP contribution < -0.4 is 5.73 Å². The number of aliphatic carboxylic acids is 1. The Balaban J connectivity index is 3.83. The second-order valence-electron chi connectivity index (χ2n) is 4.01. The summed E-state index contributed by atoms with van der Waals surface area (Å²) in [5, 5.41) is 8.46. The molecule has 0 heterocycles. The molecule has 5 nitrogen and oxygen atoms in total. The van der Waals surface area contributed by atoms with Crippen molar-refractivity contribution >= 4 is 11.9 Å². The second kappa shape index (κ2) is 8.10. The molecule has 0 bridgehead atoms. The Hall–Kier alpha value is -1.10. The maximum Gasteiger partial charge on any atom is 0.303 e. The molecule has 0 aliphatic rings. The zero-order valence-corrected chi connectivity index (χ0v) is 10.1. The summed E-state index contributed by atoms with van der Waals surface area (Å²) in [6.07, 6.45) is 3.21. The lowest BCUT2D eigenvalue weighted by Gasteiger charge is -2.20. The molecule has 0 aromatic heterocycles. The van der Waals surface area contributed by atoms with Crippen molar-refractivity contribution < 1.29 is 14.7 Å². The van der Waals surface area contributed by atoms with E-state index in [4.69, 9.17) is 10.8 Å². The van der Waals surface area contributed by atoms with Gasteiger partial charge in [0.15, 0.2) is 0 Å². The Bertz CT molecular complexity index is 231. The monoisotopic (exact) mass is 230 g/mol. The van der Waals surface area contributed by atoms with E-state index in [1.54, 1.807) is 7.05 Å². The van der Waals surface area contributed by atoms with Gasteiger partial charge in [0.05, 0.1) is 6.04 Å². The predicted molar refractivity (Wildman–Crippen MR) is 62.0 cm³/mol. The first kappa shape index (κ1) is 14.9. The van der Waals surface area contributed by atoms with Crippen molar-refractivity contribution in [1.82, 2.24) is 4.90 Å². The van der Waals surface area contributed by atoms with Crippen LogP contribution >= 0.6 is 0 Å². The van der Waals surface area contributed by atoms with Crippen LogP contribution in [0, 0.1) is 0 Å². The summed E-state index contributed by atoms with van der Waals surface area (Å²) in [5.74, 6) is -0.935. The minimum atomic E-state index is -0.837. The van der Waals surface area contributed by atoms with Gasteiger partial charge in [-0.25, -0.2) is 0 Å². The number of carboxylic acids is 1. The minimum absolute atomic E-state index is 0.0851. The van der Waals surface area contributed by atoms with Crippen LogP contribution in [0.25, 0.3) is 0 Å². The molecule has 3 N–H and O–H groups in total. The number of carbonyl (C=O) groups excluding carboxylic acids is 1. The van der Waals surface area contributed by atoms with Crippen molar-refractivity contribution in [3.63, 3.8) is 0 Å². The van der Waals surface area contributed by atoms with Crippen molar-refractivity contribution in [2.45, 2.75) is 45.1 Å². The fraction of sp³-hybridized carbons (Fsp3) is 0.818. The molecule has 5 heteroatoms. The third kappa shape index (κ3) is 6.40. The number of carboxylic acid groups (broad SMARTS) is 1. The summed E-state index contributed by atoms with van der Waals surface area (Å²) < 4.78 is 0. The van der Waals surface area contributed by atoms with Gasteiger partial charge < -0.3 is 15.7 Å². The van der Waals surface area contributed by atoms with E-state index in [1.807, 2.05) is 6.92 Å². The molecule has 0 rings (SSSR count). The van der Waals surface area contributed by atoms with E-state index in [0.717, 1.165) is 12.8 Å². The van der Waals surface area contributed by atoms with Gasteiger partial charge in [0.25, 0.3) is 0 Å². The highest BCUT2D eigenvalue weighted by Gasteiger charge is 2.17. The average Bonchev–Trinajstić information content (AvgIpc) is 2.24. The van der Waals surface area contributed by atoms with Crippen LogP contribution in [0.1, 0.15) is 39.0 Å². The predicted octanol–water partition coefficient (Wildman–Crippen LogP) is 0.827. The van der Waals surface area contributed by atoms with Crippen LogP contribution in [0.3, 0.4) is 0 Å².